The van der Waals surface area contributed by atoms with E-state index in [2.05, 4.69) is 0 Å². The van der Waals surface area contributed by atoms with E-state index < -0.39 is 18.1 Å². The van der Waals surface area contributed by atoms with Gasteiger partial charge in [-0.15, -0.1) is 0 Å². The minimum atomic E-state index is -0.944. The fourth-order valence-electron chi connectivity index (χ4n) is 1.63. The number of rotatable bonds is 4. The minimum Gasteiger partial charge on any atom is -1.00 e. The maximum Gasteiger partial charge on any atom is 1.00 e. The predicted molar refractivity (Wildman–Crippen MR) is 54.7 cm³/mol. The molecular weight excluding hydrogens is 221 g/mol. The van der Waals surface area contributed by atoms with Gasteiger partial charge in [0.25, 0.3) is 0 Å². The summed E-state index contributed by atoms with van der Waals surface area (Å²) in [5, 5.41) is 8.85. The fraction of sp³-hybridized carbons (Fsp3) is 0.800. The maximum absolute atomic E-state index is 11.5. The number of carboxylic acids is 1. The van der Waals surface area contributed by atoms with Crippen molar-refractivity contribution in [2.45, 2.75) is 38.6 Å². The maximum atomic E-state index is 11.5. The van der Waals surface area contributed by atoms with E-state index in [4.69, 9.17) is 9.84 Å². The van der Waals surface area contributed by atoms with Crippen LogP contribution in [0.1, 0.15) is 34.0 Å². The Kier molecular flexibility index (Phi) is 7.80. The summed E-state index contributed by atoms with van der Waals surface area (Å²) in [4.78, 5) is 23.6. The van der Waals surface area contributed by atoms with Gasteiger partial charge < -0.3 is 11.3 Å². The van der Waals surface area contributed by atoms with Crippen molar-refractivity contribution < 1.29 is 50.4 Å². The number of unbranched alkanes of at least 4 members (excludes halogenated alkanes) is 1. The molecule has 0 saturated carbocycles. The number of aliphatic carboxylic acids is 1. The number of likely N-dealkylation sites (tertiary alicyclic amines) is 1. The molecule has 88 valence electrons. The molecule has 6 heteroatoms. The van der Waals surface area contributed by atoms with Crippen LogP contribution in [0.25, 0.3) is 0 Å². The molecule has 0 aliphatic carbocycles. The molecule has 1 amide bonds. The Morgan fingerprint density at radius 2 is 2.25 bits per heavy atom. The zero-order valence-corrected chi connectivity index (χ0v) is 11.9. The van der Waals surface area contributed by atoms with Crippen LogP contribution in [-0.4, -0.2) is 41.3 Å². The number of nitrogens with zero attached hydrogens (tertiary/aromatic N) is 1. The van der Waals surface area contributed by atoms with E-state index in [1.807, 2.05) is 6.92 Å². The van der Waals surface area contributed by atoms with E-state index >= 15 is 0 Å². The van der Waals surface area contributed by atoms with Crippen LogP contribution in [-0.2, 0) is 9.53 Å². The first-order valence-corrected chi connectivity index (χ1v) is 5.33. The van der Waals surface area contributed by atoms with Crippen LogP contribution < -0.4 is 29.6 Å². The second-order valence-electron chi connectivity index (χ2n) is 3.66. The second-order valence-corrected chi connectivity index (χ2v) is 3.66. The third kappa shape index (κ3) is 4.31. The van der Waals surface area contributed by atoms with Gasteiger partial charge >= 0.3 is 41.6 Å². The molecule has 1 saturated heterocycles. The molecule has 0 spiro atoms. The van der Waals surface area contributed by atoms with Gasteiger partial charge in [0.05, 0.1) is 6.61 Å². The van der Waals surface area contributed by atoms with Crippen LogP contribution in [0.5, 0.6) is 0 Å². The van der Waals surface area contributed by atoms with Crippen LogP contribution >= 0.6 is 0 Å². The molecule has 0 radical (unpaired) electrons. The Bertz CT molecular complexity index is 252. The molecular formula is C10H18NNaO4. The van der Waals surface area contributed by atoms with Gasteiger partial charge in [0.15, 0.2) is 0 Å². The summed E-state index contributed by atoms with van der Waals surface area (Å²) in [6.45, 7) is 2.86. The summed E-state index contributed by atoms with van der Waals surface area (Å²) in [6, 6.07) is -0.695. The Morgan fingerprint density at radius 1 is 1.56 bits per heavy atom. The molecule has 1 N–H and O–H groups in total. The van der Waals surface area contributed by atoms with Crippen molar-refractivity contribution in [1.82, 2.24) is 4.90 Å². The van der Waals surface area contributed by atoms with Crippen molar-refractivity contribution in [2.75, 3.05) is 13.2 Å². The quantitative estimate of drug-likeness (QED) is 0.483. The van der Waals surface area contributed by atoms with Crippen molar-refractivity contribution in [3.05, 3.63) is 0 Å². The average Bonchev–Trinajstić information content (AvgIpc) is 2.66. The molecule has 1 aliphatic heterocycles. The largest absolute Gasteiger partial charge is 1.00 e. The van der Waals surface area contributed by atoms with Gasteiger partial charge in [0.1, 0.15) is 6.04 Å². The van der Waals surface area contributed by atoms with Gasteiger partial charge in [-0.3, -0.25) is 4.90 Å². The Morgan fingerprint density at radius 3 is 2.81 bits per heavy atom. The SMILES string of the molecule is CCCCOC(=O)N1CCC[C@H]1C(=O)O.[H-].[Na+]. The third-order valence-corrected chi connectivity index (χ3v) is 2.50. The van der Waals surface area contributed by atoms with Crippen molar-refractivity contribution in [2.24, 2.45) is 0 Å². The van der Waals surface area contributed by atoms with Gasteiger partial charge in [0, 0.05) is 6.54 Å². The van der Waals surface area contributed by atoms with E-state index in [9.17, 15) is 9.59 Å². The van der Waals surface area contributed by atoms with Crippen LogP contribution in [0.4, 0.5) is 4.79 Å². The summed E-state index contributed by atoms with van der Waals surface area (Å²) in [7, 11) is 0. The van der Waals surface area contributed by atoms with Gasteiger partial charge in [-0.25, -0.2) is 9.59 Å². The molecule has 0 aromatic rings. The minimum absolute atomic E-state index is 0. The van der Waals surface area contributed by atoms with Crippen molar-refractivity contribution in [1.29, 1.82) is 0 Å². The average molecular weight is 239 g/mol. The van der Waals surface area contributed by atoms with Gasteiger partial charge in [-0.1, -0.05) is 13.3 Å². The first kappa shape index (κ1) is 15.7. The van der Waals surface area contributed by atoms with Crippen molar-refractivity contribution in [3.63, 3.8) is 0 Å². The van der Waals surface area contributed by atoms with Crippen molar-refractivity contribution >= 4 is 12.1 Å². The number of hydrogen-bond donors (Lipinski definition) is 1. The van der Waals surface area contributed by atoms with Gasteiger partial charge in [-0.05, 0) is 19.3 Å². The first-order valence-electron chi connectivity index (χ1n) is 5.33. The molecule has 1 fully saturated rings. The summed E-state index contributed by atoms with van der Waals surface area (Å²) in [5.41, 5.74) is 0. The summed E-state index contributed by atoms with van der Waals surface area (Å²) in [6.07, 6.45) is 2.54. The zero-order valence-electron chi connectivity index (χ0n) is 10.9. The topological polar surface area (TPSA) is 66.8 Å². The van der Waals surface area contributed by atoms with E-state index in [0.717, 1.165) is 19.3 Å². The van der Waals surface area contributed by atoms with E-state index in [1.165, 1.54) is 4.90 Å². The molecule has 1 rings (SSSR count). The number of amides is 1. The Hall–Kier alpha value is -0.260. The van der Waals surface area contributed by atoms with Crippen LogP contribution in [0, 0.1) is 0 Å². The number of hydrogen-bond acceptors (Lipinski definition) is 3. The Labute approximate surface area is 119 Å². The van der Waals surface area contributed by atoms with E-state index in [1.54, 1.807) is 0 Å². The summed E-state index contributed by atoms with van der Waals surface area (Å²) >= 11 is 0. The molecule has 0 aromatic carbocycles. The second kappa shape index (κ2) is 7.92. The first-order chi connectivity index (χ1) is 7.16. The Balaban J connectivity index is 0. The third-order valence-electron chi connectivity index (χ3n) is 2.50. The van der Waals surface area contributed by atoms with Crippen molar-refractivity contribution in [3.8, 4) is 0 Å². The molecule has 16 heavy (non-hydrogen) atoms. The van der Waals surface area contributed by atoms with Crippen LogP contribution in [0.15, 0.2) is 0 Å². The smallest absolute Gasteiger partial charge is 1.00 e. The zero-order chi connectivity index (χ0) is 11.3. The predicted octanol–water partition coefficient (Wildman–Crippen LogP) is -1.41. The molecule has 0 aromatic heterocycles. The van der Waals surface area contributed by atoms with E-state index in [-0.39, 0.29) is 31.0 Å². The molecule has 0 unspecified atom stereocenters. The monoisotopic (exact) mass is 239 g/mol. The number of carboxylic acid groups (broad SMARTS) is 1. The van der Waals surface area contributed by atoms with Crippen LogP contribution in [0.2, 0.25) is 0 Å². The summed E-state index contributed by atoms with van der Waals surface area (Å²) < 4.78 is 4.97. The molecule has 1 heterocycles. The molecule has 1 aliphatic rings. The molecule has 5 nitrogen and oxygen atoms in total. The fourth-order valence-corrected chi connectivity index (χ4v) is 1.63. The van der Waals surface area contributed by atoms with Gasteiger partial charge in [0.2, 0.25) is 0 Å². The number of carbonyl (C=O) groups is 2. The summed E-state index contributed by atoms with van der Waals surface area (Å²) in [5.74, 6) is -0.944. The standard InChI is InChI=1S/C10H17NO4.Na.H/c1-2-3-7-15-10(14)11-6-4-5-8(11)9(12)13;;/h8H,2-7H2,1H3,(H,12,13);;/q;+1;-1/t8-;;/m0../s1. The molecule has 1 atom stereocenters. The number of ether oxygens (including phenoxy) is 1. The molecule has 0 bridgehead atoms. The van der Waals surface area contributed by atoms with Gasteiger partial charge in [-0.2, -0.15) is 0 Å². The normalized spacial score (nSPS) is 19.1. The van der Waals surface area contributed by atoms with Crippen LogP contribution in [0.3, 0.4) is 0 Å². The van der Waals surface area contributed by atoms with E-state index in [0.29, 0.717) is 19.6 Å². The number of carbonyl (C=O) groups excluding carboxylic acids is 1.